The SMILES string of the molecule is Cc1nn(C(=O)c2cccc(NC(C)C)n2)c(C)c1Cl. The Kier molecular flexibility index (Phi) is 4.09. The molecule has 2 aromatic rings. The average Bonchev–Trinajstić information content (AvgIpc) is 2.65. The lowest BCUT2D eigenvalue weighted by molar-refractivity contribution is 0.0937. The van der Waals surface area contributed by atoms with Crippen LogP contribution < -0.4 is 5.32 Å². The summed E-state index contributed by atoms with van der Waals surface area (Å²) >= 11 is 6.06. The molecule has 20 heavy (non-hydrogen) atoms. The molecule has 0 saturated heterocycles. The van der Waals surface area contributed by atoms with Crippen LogP contribution in [0.4, 0.5) is 5.82 Å². The molecule has 0 atom stereocenters. The Labute approximate surface area is 123 Å². The molecule has 0 aliphatic rings. The van der Waals surface area contributed by atoms with E-state index in [9.17, 15) is 4.79 Å². The van der Waals surface area contributed by atoms with Gasteiger partial charge in [-0.3, -0.25) is 4.79 Å². The van der Waals surface area contributed by atoms with Gasteiger partial charge in [-0.1, -0.05) is 17.7 Å². The predicted molar refractivity (Wildman–Crippen MR) is 79.4 cm³/mol. The summed E-state index contributed by atoms with van der Waals surface area (Å²) in [4.78, 5) is 16.7. The second-order valence-electron chi connectivity index (χ2n) is 4.91. The summed E-state index contributed by atoms with van der Waals surface area (Å²) in [7, 11) is 0. The Morgan fingerprint density at radius 3 is 2.60 bits per heavy atom. The zero-order chi connectivity index (χ0) is 14.9. The normalized spacial score (nSPS) is 10.9. The fourth-order valence-electron chi connectivity index (χ4n) is 1.86. The van der Waals surface area contributed by atoms with Crippen LogP contribution in [0, 0.1) is 13.8 Å². The molecule has 0 amide bonds. The molecule has 1 N–H and O–H groups in total. The molecule has 0 spiro atoms. The number of rotatable bonds is 3. The second kappa shape index (κ2) is 5.63. The summed E-state index contributed by atoms with van der Waals surface area (Å²) in [6.45, 7) is 7.55. The Balaban J connectivity index is 2.36. The van der Waals surface area contributed by atoms with E-state index in [1.165, 1.54) is 4.68 Å². The molecule has 2 aromatic heterocycles. The third kappa shape index (κ3) is 2.82. The quantitative estimate of drug-likeness (QED) is 0.944. The number of anilines is 1. The van der Waals surface area contributed by atoms with E-state index >= 15 is 0 Å². The van der Waals surface area contributed by atoms with Crippen LogP contribution in [0.15, 0.2) is 18.2 Å². The van der Waals surface area contributed by atoms with Crippen molar-refractivity contribution in [2.75, 3.05) is 5.32 Å². The summed E-state index contributed by atoms with van der Waals surface area (Å²) in [6, 6.07) is 5.53. The summed E-state index contributed by atoms with van der Waals surface area (Å²) in [5, 5.41) is 7.82. The molecular weight excluding hydrogens is 276 g/mol. The number of pyridine rings is 1. The third-order valence-corrected chi connectivity index (χ3v) is 3.35. The van der Waals surface area contributed by atoms with Crippen molar-refractivity contribution < 1.29 is 4.79 Å². The van der Waals surface area contributed by atoms with Gasteiger partial charge in [-0.25, -0.2) is 4.98 Å². The summed E-state index contributed by atoms with van der Waals surface area (Å²) < 4.78 is 1.29. The predicted octanol–water partition coefficient (Wildman–Crippen LogP) is 3.06. The zero-order valence-corrected chi connectivity index (χ0v) is 12.7. The zero-order valence-electron chi connectivity index (χ0n) is 11.9. The van der Waals surface area contributed by atoms with Gasteiger partial charge in [0.25, 0.3) is 5.91 Å². The Morgan fingerprint density at radius 1 is 1.35 bits per heavy atom. The monoisotopic (exact) mass is 292 g/mol. The molecule has 0 aliphatic heterocycles. The first-order chi connectivity index (χ1) is 9.40. The van der Waals surface area contributed by atoms with E-state index in [0.29, 0.717) is 27.9 Å². The van der Waals surface area contributed by atoms with Gasteiger partial charge in [0.2, 0.25) is 0 Å². The maximum absolute atomic E-state index is 12.4. The van der Waals surface area contributed by atoms with Gasteiger partial charge in [-0.2, -0.15) is 9.78 Å². The van der Waals surface area contributed by atoms with Gasteiger partial charge in [-0.15, -0.1) is 0 Å². The summed E-state index contributed by atoms with van der Waals surface area (Å²) in [5.41, 5.74) is 1.59. The fraction of sp³-hybridized carbons (Fsp3) is 0.357. The highest BCUT2D eigenvalue weighted by Crippen LogP contribution is 2.19. The minimum Gasteiger partial charge on any atom is -0.368 e. The Bertz CT molecular complexity index is 649. The van der Waals surface area contributed by atoms with Gasteiger partial charge in [-0.05, 0) is 39.8 Å². The summed E-state index contributed by atoms with van der Waals surface area (Å²) in [6.07, 6.45) is 0. The van der Waals surface area contributed by atoms with Crippen LogP contribution in [0.1, 0.15) is 35.7 Å². The van der Waals surface area contributed by atoms with Crippen molar-refractivity contribution in [2.24, 2.45) is 0 Å². The molecule has 0 aromatic carbocycles. The highest BCUT2D eigenvalue weighted by atomic mass is 35.5. The maximum atomic E-state index is 12.4. The number of carbonyl (C=O) groups excluding carboxylic acids is 1. The van der Waals surface area contributed by atoms with Crippen LogP contribution in [0.5, 0.6) is 0 Å². The van der Waals surface area contributed by atoms with Crippen molar-refractivity contribution in [3.05, 3.63) is 40.3 Å². The lowest BCUT2D eigenvalue weighted by atomic mass is 10.3. The first-order valence-corrected chi connectivity index (χ1v) is 6.78. The highest BCUT2D eigenvalue weighted by molar-refractivity contribution is 6.32. The number of halogens is 1. The van der Waals surface area contributed by atoms with Gasteiger partial charge < -0.3 is 5.32 Å². The molecule has 0 unspecified atom stereocenters. The Morgan fingerprint density at radius 2 is 2.05 bits per heavy atom. The number of nitrogens with one attached hydrogen (secondary N) is 1. The molecule has 0 bridgehead atoms. The molecule has 5 nitrogen and oxygen atoms in total. The van der Waals surface area contributed by atoms with Gasteiger partial charge in [0.05, 0.1) is 16.4 Å². The van der Waals surface area contributed by atoms with Crippen molar-refractivity contribution in [1.29, 1.82) is 0 Å². The number of aromatic nitrogens is 3. The lowest BCUT2D eigenvalue weighted by Crippen LogP contribution is -2.18. The van der Waals surface area contributed by atoms with Crippen LogP contribution >= 0.6 is 11.6 Å². The molecular formula is C14H17ClN4O. The largest absolute Gasteiger partial charge is 0.368 e. The minimum atomic E-state index is -0.287. The van der Waals surface area contributed by atoms with E-state index in [2.05, 4.69) is 15.4 Å². The minimum absolute atomic E-state index is 0.246. The highest BCUT2D eigenvalue weighted by Gasteiger charge is 2.18. The fourth-order valence-corrected chi connectivity index (χ4v) is 1.98. The first-order valence-electron chi connectivity index (χ1n) is 6.40. The van der Waals surface area contributed by atoms with Gasteiger partial charge in [0.15, 0.2) is 0 Å². The van der Waals surface area contributed by atoms with Crippen molar-refractivity contribution in [3.63, 3.8) is 0 Å². The van der Waals surface area contributed by atoms with E-state index in [1.807, 2.05) is 19.9 Å². The first kappa shape index (κ1) is 14.5. The molecule has 0 fully saturated rings. The average molecular weight is 293 g/mol. The molecule has 0 saturated carbocycles. The van der Waals surface area contributed by atoms with Crippen LogP contribution in [-0.2, 0) is 0 Å². The lowest BCUT2D eigenvalue weighted by Gasteiger charge is -2.10. The maximum Gasteiger partial charge on any atom is 0.297 e. The van der Waals surface area contributed by atoms with Gasteiger partial charge in [0.1, 0.15) is 11.5 Å². The number of carbonyl (C=O) groups is 1. The Hall–Kier alpha value is -1.88. The number of aryl methyl sites for hydroxylation is 1. The van der Waals surface area contributed by atoms with Crippen molar-refractivity contribution in [3.8, 4) is 0 Å². The smallest absolute Gasteiger partial charge is 0.297 e. The number of hydrogen-bond donors (Lipinski definition) is 1. The third-order valence-electron chi connectivity index (χ3n) is 2.80. The van der Waals surface area contributed by atoms with Crippen molar-refractivity contribution >= 4 is 23.3 Å². The van der Waals surface area contributed by atoms with Crippen molar-refractivity contribution in [1.82, 2.24) is 14.8 Å². The molecule has 0 radical (unpaired) electrons. The van der Waals surface area contributed by atoms with E-state index in [4.69, 9.17) is 11.6 Å². The van der Waals surface area contributed by atoms with Crippen LogP contribution in [-0.4, -0.2) is 26.7 Å². The van der Waals surface area contributed by atoms with Gasteiger partial charge in [0, 0.05) is 6.04 Å². The van der Waals surface area contributed by atoms with E-state index < -0.39 is 0 Å². The van der Waals surface area contributed by atoms with E-state index in [0.717, 1.165) is 0 Å². The van der Waals surface area contributed by atoms with Crippen molar-refractivity contribution in [2.45, 2.75) is 33.7 Å². The molecule has 106 valence electrons. The van der Waals surface area contributed by atoms with Crippen LogP contribution in [0.2, 0.25) is 5.02 Å². The van der Waals surface area contributed by atoms with Crippen LogP contribution in [0.25, 0.3) is 0 Å². The molecule has 0 aliphatic carbocycles. The van der Waals surface area contributed by atoms with E-state index in [-0.39, 0.29) is 11.9 Å². The number of hydrogen-bond acceptors (Lipinski definition) is 4. The molecule has 2 rings (SSSR count). The van der Waals surface area contributed by atoms with Gasteiger partial charge >= 0.3 is 0 Å². The van der Waals surface area contributed by atoms with E-state index in [1.54, 1.807) is 26.0 Å². The topological polar surface area (TPSA) is 59.8 Å². The number of nitrogens with zero attached hydrogens (tertiary/aromatic N) is 3. The van der Waals surface area contributed by atoms with Crippen LogP contribution in [0.3, 0.4) is 0 Å². The molecule has 6 heteroatoms. The standard InChI is InChI=1S/C14H17ClN4O/c1-8(2)16-12-7-5-6-11(17-12)14(20)19-10(4)13(15)9(3)18-19/h5-8H,1-4H3,(H,16,17). The second-order valence-corrected chi connectivity index (χ2v) is 5.29. The molecule has 2 heterocycles. The summed E-state index contributed by atoms with van der Waals surface area (Å²) in [5.74, 6) is 0.378.